The molecule has 0 atom stereocenters. The normalized spacial score (nSPS) is 11.0. The average Bonchev–Trinajstić information content (AvgIpc) is 3.01. The first-order valence-electron chi connectivity index (χ1n) is 7.71. The number of hydrogen-bond donors (Lipinski definition) is 2. The van der Waals surface area contributed by atoms with Crippen molar-refractivity contribution in [1.29, 1.82) is 0 Å². The van der Waals surface area contributed by atoms with Crippen molar-refractivity contribution in [2.75, 3.05) is 6.54 Å². The fourth-order valence-corrected chi connectivity index (χ4v) is 2.24. The maximum Gasteiger partial charge on any atom is 0.226 e. The molecule has 0 unspecified atom stereocenters. The van der Waals surface area contributed by atoms with Crippen LogP contribution in [0.1, 0.15) is 32.4 Å². The Morgan fingerprint density at radius 2 is 1.92 bits per heavy atom. The third kappa shape index (κ3) is 5.51. The van der Waals surface area contributed by atoms with Gasteiger partial charge < -0.3 is 15.5 Å². The van der Waals surface area contributed by atoms with E-state index in [1.807, 2.05) is 26.0 Å². The number of carbonyl (C=O) groups is 1. The molecule has 0 bridgehead atoms. The van der Waals surface area contributed by atoms with E-state index >= 15 is 0 Å². The van der Waals surface area contributed by atoms with Crippen LogP contribution in [-0.4, -0.2) is 23.0 Å². The summed E-state index contributed by atoms with van der Waals surface area (Å²) in [4.78, 5) is 16.3. The summed E-state index contributed by atoms with van der Waals surface area (Å²) in [6.45, 7) is 4.50. The number of nitrogens with two attached hydrogens (primary N) is 1. The molecule has 0 aliphatic heterocycles. The molecule has 24 heavy (non-hydrogen) atoms. The molecule has 0 saturated heterocycles. The van der Waals surface area contributed by atoms with E-state index in [1.54, 1.807) is 12.1 Å². The number of aromatic nitrogens is 1. The van der Waals surface area contributed by atoms with E-state index in [9.17, 15) is 4.79 Å². The first kappa shape index (κ1) is 20.5. The number of benzene rings is 1. The molecule has 1 amide bonds. The van der Waals surface area contributed by atoms with Crippen LogP contribution < -0.4 is 11.1 Å². The topological polar surface area (TPSA) is 81.1 Å². The van der Waals surface area contributed by atoms with Crippen molar-refractivity contribution in [3.05, 3.63) is 41.2 Å². The van der Waals surface area contributed by atoms with Gasteiger partial charge in [0.1, 0.15) is 6.26 Å². The lowest BCUT2D eigenvalue weighted by molar-refractivity contribution is -0.120. The summed E-state index contributed by atoms with van der Waals surface area (Å²) in [5.74, 6) is 0.359. The summed E-state index contributed by atoms with van der Waals surface area (Å²) >= 11 is 5.85. The lowest BCUT2D eigenvalue weighted by Crippen LogP contribution is -2.49. The highest BCUT2D eigenvalue weighted by molar-refractivity contribution is 6.30. The summed E-state index contributed by atoms with van der Waals surface area (Å²) in [7, 11) is 0. The number of rotatable bonds is 7. The molecule has 0 spiro atoms. The van der Waals surface area contributed by atoms with Crippen LogP contribution >= 0.6 is 24.0 Å². The van der Waals surface area contributed by atoms with Crippen molar-refractivity contribution in [1.82, 2.24) is 10.3 Å². The highest BCUT2D eigenvalue weighted by Crippen LogP contribution is 2.21. The Labute approximate surface area is 153 Å². The van der Waals surface area contributed by atoms with Crippen molar-refractivity contribution in [2.45, 2.75) is 38.6 Å². The van der Waals surface area contributed by atoms with Crippen molar-refractivity contribution in [3.8, 4) is 11.5 Å². The van der Waals surface area contributed by atoms with Crippen molar-refractivity contribution in [3.63, 3.8) is 0 Å². The quantitative estimate of drug-likeness (QED) is 0.778. The van der Waals surface area contributed by atoms with Crippen LogP contribution in [0.4, 0.5) is 0 Å². The van der Waals surface area contributed by atoms with Crippen LogP contribution in [0.25, 0.3) is 11.5 Å². The standard InChI is InChI=1S/C17H22ClN3O2.ClH/c1-3-17(19,4-2)11-20-15(22)9-14-10-23-16(21-14)12-5-7-13(18)8-6-12;/h5-8,10H,3-4,9,11,19H2,1-2H3,(H,20,22);1H. The molecule has 0 aliphatic carbocycles. The molecule has 2 rings (SSSR count). The predicted octanol–water partition coefficient (Wildman–Crippen LogP) is 3.59. The maximum atomic E-state index is 12.0. The number of hydrogen-bond acceptors (Lipinski definition) is 4. The minimum absolute atomic E-state index is 0. The molecule has 5 nitrogen and oxygen atoms in total. The average molecular weight is 372 g/mol. The molecule has 2 aromatic rings. The third-order valence-corrected chi connectivity index (χ3v) is 4.28. The lowest BCUT2D eigenvalue weighted by Gasteiger charge is -2.26. The zero-order chi connectivity index (χ0) is 16.9. The summed E-state index contributed by atoms with van der Waals surface area (Å²) in [6, 6.07) is 7.18. The first-order chi connectivity index (χ1) is 11.0. The Balaban J connectivity index is 0.00000288. The van der Waals surface area contributed by atoms with E-state index < -0.39 is 0 Å². The fraction of sp³-hybridized carbons (Fsp3) is 0.412. The van der Waals surface area contributed by atoms with Gasteiger partial charge >= 0.3 is 0 Å². The Hall–Kier alpha value is -1.56. The molecular formula is C17H23Cl2N3O2. The summed E-state index contributed by atoms with van der Waals surface area (Å²) < 4.78 is 5.42. The van der Waals surface area contributed by atoms with Gasteiger partial charge in [0.15, 0.2) is 0 Å². The number of amides is 1. The summed E-state index contributed by atoms with van der Waals surface area (Å²) in [5, 5.41) is 3.52. The van der Waals surface area contributed by atoms with E-state index in [0.29, 0.717) is 23.2 Å². The zero-order valence-corrected chi connectivity index (χ0v) is 15.4. The van der Waals surface area contributed by atoms with Crippen LogP contribution in [0, 0.1) is 0 Å². The molecule has 7 heteroatoms. The molecule has 1 aromatic carbocycles. The molecule has 0 radical (unpaired) electrons. The molecule has 3 N–H and O–H groups in total. The molecule has 132 valence electrons. The zero-order valence-electron chi connectivity index (χ0n) is 13.8. The van der Waals surface area contributed by atoms with Gasteiger partial charge in [0, 0.05) is 22.7 Å². The number of halogens is 2. The van der Waals surface area contributed by atoms with Gasteiger partial charge in [-0.05, 0) is 37.1 Å². The van der Waals surface area contributed by atoms with E-state index in [1.165, 1.54) is 6.26 Å². The molecule has 0 aliphatic rings. The minimum atomic E-state index is -0.353. The van der Waals surface area contributed by atoms with Crippen molar-refractivity contribution < 1.29 is 9.21 Å². The van der Waals surface area contributed by atoms with Crippen molar-refractivity contribution >= 4 is 29.9 Å². The van der Waals surface area contributed by atoms with Crippen LogP contribution in [0.15, 0.2) is 34.9 Å². The van der Waals surface area contributed by atoms with Gasteiger partial charge in [-0.15, -0.1) is 12.4 Å². The van der Waals surface area contributed by atoms with Gasteiger partial charge in [-0.3, -0.25) is 4.79 Å². The highest BCUT2D eigenvalue weighted by atomic mass is 35.5. The van der Waals surface area contributed by atoms with Gasteiger partial charge in [0.05, 0.1) is 12.1 Å². The summed E-state index contributed by atoms with van der Waals surface area (Å²) in [6.07, 6.45) is 3.29. The first-order valence-corrected chi connectivity index (χ1v) is 8.09. The van der Waals surface area contributed by atoms with Crippen LogP contribution in [0.3, 0.4) is 0 Å². The van der Waals surface area contributed by atoms with Gasteiger partial charge in [-0.1, -0.05) is 25.4 Å². The molecule has 0 fully saturated rings. The summed E-state index contributed by atoms with van der Waals surface area (Å²) in [5.41, 5.74) is 7.22. The second kappa shape index (κ2) is 9.06. The minimum Gasteiger partial charge on any atom is -0.444 e. The van der Waals surface area contributed by atoms with E-state index in [0.717, 1.165) is 18.4 Å². The smallest absolute Gasteiger partial charge is 0.226 e. The molecule has 1 aromatic heterocycles. The monoisotopic (exact) mass is 371 g/mol. The predicted molar refractivity (Wildman–Crippen MR) is 98.4 cm³/mol. The number of carbonyl (C=O) groups excluding carboxylic acids is 1. The van der Waals surface area contributed by atoms with Crippen LogP contribution in [0.5, 0.6) is 0 Å². The van der Waals surface area contributed by atoms with Gasteiger partial charge in [0.25, 0.3) is 0 Å². The Morgan fingerprint density at radius 1 is 1.29 bits per heavy atom. The van der Waals surface area contributed by atoms with Crippen LogP contribution in [0.2, 0.25) is 5.02 Å². The second-order valence-corrected chi connectivity index (χ2v) is 6.11. The van der Waals surface area contributed by atoms with Crippen LogP contribution in [-0.2, 0) is 11.2 Å². The van der Waals surface area contributed by atoms with Gasteiger partial charge in [0.2, 0.25) is 11.8 Å². The Kier molecular flexibility index (Phi) is 7.73. The molecular weight excluding hydrogens is 349 g/mol. The fourth-order valence-electron chi connectivity index (χ4n) is 2.11. The SMILES string of the molecule is CCC(N)(CC)CNC(=O)Cc1coc(-c2ccc(Cl)cc2)n1.Cl. The number of oxazole rings is 1. The largest absolute Gasteiger partial charge is 0.444 e. The number of nitrogens with one attached hydrogen (secondary N) is 1. The van der Waals surface area contributed by atoms with Crippen molar-refractivity contribution in [2.24, 2.45) is 5.73 Å². The third-order valence-electron chi connectivity index (χ3n) is 4.03. The highest BCUT2D eigenvalue weighted by Gasteiger charge is 2.21. The maximum absolute atomic E-state index is 12.0. The van der Waals surface area contributed by atoms with Gasteiger partial charge in [-0.2, -0.15) is 0 Å². The number of nitrogens with zero attached hydrogens (tertiary/aromatic N) is 1. The lowest BCUT2D eigenvalue weighted by atomic mass is 9.94. The Morgan fingerprint density at radius 3 is 2.50 bits per heavy atom. The molecule has 0 saturated carbocycles. The van der Waals surface area contributed by atoms with E-state index in [-0.39, 0.29) is 30.3 Å². The van der Waals surface area contributed by atoms with Gasteiger partial charge in [-0.25, -0.2) is 4.98 Å². The molecule has 1 heterocycles. The van der Waals surface area contributed by atoms with E-state index in [2.05, 4.69) is 10.3 Å². The van der Waals surface area contributed by atoms with E-state index in [4.69, 9.17) is 21.8 Å². The Bertz CT molecular complexity index is 652. The second-order valence-electron chi connectivity index (χ2n) is 5.67.